The Hall–Kier alpha value is -2.29. The van der Waals surface area contributed by atoms with Gasteiger partial charge in [0.2, 0.25) is 5.91 Å². The number of anilines is 2. The van der Waals surface area contributed by atoms with Gasteiger partial charge in [-0.1, -0.05) is 11.6 Å². The van der Waals surface area contributed by atoms with E-state index in [1.165, 1.54) is 6.07 Å². The average molecular weight is 448 g/mol. The van der Waals surface area contributed by atoms with Gasteiger partial charge in [0, 0.05) is 31.9 Å². The molecule has 166 valence electrons. The van der Waals surface area contributed by atoms with Crippen LogP contribution >= 0.6 is 11.6 Å². The highest BCUT2D eigenvalue weighted by atomic mass is 35.5. The fraction of sp³-hybridized carbons (Fsp3) is 0.500. The highest BCUT2D eigenvalue weighted by molar-refractivity contribution is 6.33. The van der Waals surface area contributed by atoms with Crippen molar-refractivity contribution >= 4 is 29.1 Å². The molecule has 31 heavy (non-hydrogen) atoms. The van der Waals surface area contributed by atoms with Crippen LogP contribution in [0.2, 0.25) is 5.02 Å². The van der Waals surface area contributed by atoms with Gasteiger partial charge in [-0.15, -0.1) is 0 Å². The number of nitrogens with one attached hydrogen (secondary N) is 3. The summed E-state index contributed by atoms with van der Waals surface area (Å²) in [6.07, 6.45) is 4.87. The number of nitrogens with zero attached hydrogens (tertiary/aromatic N) is 2. The molecular weight excluding hydrogens is 421 g/mol. The molecule has 1 atom stereocenters. The zero-order valence-corrected chi connectivity index (χ0v) is 18.1. The molecule has 0 bridgehead atoms. The number of ether oxygens (including phenoxy) is 1. The number of aromatic nitrogens is 2. The minimum absolute atomic E-state index is 0.122. The number of carbonyl (C=O) groups is 1. The number of hydrogen-bond donors (Lipinski definition) is 3. The number of amides is 1. The van der Waals surface area contributed by atoms with E-state index in [-0.39, 0.29) is 23.2 Å². The lowest BCUT2D eigenvalue weighted by Crippen LogP contribution is -2.37. The zero-order valence-electron chi connectivity index (χ0n) is 17.3. The van der Waals surface area contributed by atoms with Crippen LogP contribution in [0.4, 0.5) is 16.0 Å². The smallest absolute Gasteiger partial charge is 0.229 e. The fourth-order valence-corrected chi connectivity index (χ4v) is 4.13. The van der Waals surface area contributed by atoms with Crippen molar-refractivity contribution in [3.05, 3.63) is 35.2 Å². The third-order valence-corrected chi connectivity index (χ3v) is 6.09. The van der Waals surface area contributed by atoms with E-state index < -0.39 is 5.82 Å². The Morgan fingerprint density at radius 1 is 1.26 bits per heavy atom. The number of rotatable bonds is 6. The molecule has 0 spiro atoms. The second-order valence-corrected chi connectivity index (χ2v) is 8.45. The lowest BCUT2D eigenvalue weighted by atomic mass is 9.99. The van der Waals surface area contributed by atoms with Gasteiger partial charge in [0.1, 0.15) is 11.6 Å². The summed E-state index contributed by atoms with van der Waals surface area (Å²) < 4.78 is 20.0. The van der Waals surface area contributed by atoms with Crippen molar-refractivity contribution in [1.82, 2.24) is 15.3 Å². The molecular formula is C22H27ClFN5O2. The van der Waals surface area contributed by atoms with Crippen LogP contribution in [0.1, 0.15) is 25.7 Å². The van der Waals surface area contributed by atoms with Crippen LogP contribution in [0.25, 0.3) is 11.3 Å². The molecule has 2 fully saturated rings. The molecule has 0 radical (unpaired) electrons. The fourth-order valence-electron chi connectivity index (χ4n) is 3.92. The minimum Gasteiger partial charge on any atom is -0.381 e. The summed E-state index contributed by atoms with van der Waals surface area (Å²) in [5.74, 6) is 0.634. The largest absolute Gasteiger partial charge is 0.381 e. The van der Waals surface area contributed by atoms with E-state index in [2.05, 4.69) is 25.9 Å². The first-order chi connectivity index (χ1) is 15.1. The maximum atomic E-state index is 14.6. The van der Waals surface area contributed by atoms with E-state index in [0.29, 0.717) is 29.0 Å². The molecule has 0 aliphatic carbocycles. The molecule has 7 nitrogen and oxygen atoms in total. The van der Waals surface area contributed by atoms with Crippen molar-refractivity contribution in [1.29, 1.82) is 0 Å². The van der Waals surface area contributed by atoms with E-state index in [9.17, 15) is 9.18 Å². The van der Waals surface area contributed by atoms with Crippen LogP contribution in [0.3, 0.4) is 0 Å². The van der Waals surface area contributed by atoms with Gasteiger partial charge >= 0.3 is 0 Å². The third kappa shape index (κ3) is 5.70. The lowest BCUT2D eigenvalue weighted by molar-refractivity contribution is -0.120. The van der Waals surface area contributed by atoms with E-state index in [1.54, 1.807) is 12.1 Å². The van der Waals surface area contributed by atoms with Crippen LogP contribution in [0, 0.1) is 17.7 Å². The number of carbonyl (C=O) groups excluding carboxylic acids is 1. The highest BCUT2D eigenvalue weighted by Gasteiger charge is 2.22. The van der Waals surface area contributed by atoms with Gasteiger partial charge in [-0.05, 0) is 56.3 Å². The molecule has 2 aromatic heterocycles. The lowest BCUT2D eigenvalue weighted by Gasteiger charge is -2.22. The Balaban J connectivity index is 1.49. The van der Waals surface area contributed by atoms with Gasteiger partial charge < -0.3 is 20.7 Å². The Morgan fingerprint density at radius 2 is 2.10 bits per heavy atom. The summed E-state index contributed by atoms with van der Waals surface area (Å²) in [4.78, 5) is 21.1. The first kappa shape index (κ1) is 21.9. The molecule has 2 aliphatic rings. The van der Waals surface area contributed by atoms with Gasteiger partial charge in [-0.25, -0.2) is 14.4 Å². The Morgan fingerprint density at radius 3 is 2.87 bits per heavy atom. The Labute approximate surface area is 186 Å². The summed E-state index contributed by atoms with van der Waals surface area (Å²) in [5.41, 5.74) is 0.514. The minimum atomic E-state index is -0.548. The van der Waals surface area contributed by atoms with Gasteiger partial charge in [0.05, 0.1) is 22.8 Å². The van der Waals surface area contributed by atoms with Crippen molar-refractivity contribution in [2.75, 3.05) is 43.5 Å². The predicted octanol–water partition coefficient (Wildman–Crippen LogP) is 3.71. The number of piperidine rings is 1. The molecule has 1 unspecified atom stereocenters. The maximum absolute atomic E-state index is 14.6. The molecule has 0 saturated carbocycles. The molecule has 2 aliphatic heterocycles. The van der Waals surface area contributed by atoms with E-state index in [4.69, 9.17) is 16.3 Å². The number of pyridine rings is 2. The zero-order chi connectivity index (χ0) is 21.6. The van der Waals surface area contributed by atoms with Crippen LogP contribution in [-0.4, -0.2) is 48.7 Å². The van der Waals surface area contributed by atoms with Crippen molar-refractivity contribution in [2.45, 2.75) is 25.7 Å². The quantitative estimate of drug-likeness (QED) is 0.625. The molecule has 4 heterocycles. The summed E-state index contributed by atoms with van der Waals surface area (Å²) in [6.45, 7) is 3.88. The van der Waals surface area contributed by atoms with Crippen molar-refractivity contribution in [3.8, 4) is 11.3 Å². The first-order valence-electron chi connectivity index (χ1n) is 10.8. The molecule has 2 saturated heterocycles. The van der Waals surface area contributed by atoms with Crippen LogP contribution in [0.15, 0.2) is 24.4 Å². The first-order valence-corrected chi connectivity index (χ1v) is 11.1. The van der Waals surface area contributed by atoms with Crippen LogP contribution in [0.5, 0.6) is 0 Å². The molecule has 0 aromatic carbocycles. The normalized spacial score (nSPS) is 19.7. The van der Waals surface area contributed by atoms with Gasteiger partial charge in [0.15, 0.2) is 5.82 Å². The molecule has 1 amide bonds. The second kappa shape index (κ2) is 10.3. The van der Waals surface area contributed by atoms with Gasteiger partial charge in [-0.3, -0.25) is 4.79 Å². The monoisotopic (exact) mass is 447 g/mol. The summed E-state index contributed by atoms with van der Waals surface area (Å²) >= 11 is 6.34. The maximum Gasteiger partial charge on any atom is 0.229 e. The molecule has 9 heteroatoms. The standard InChI is InChI=1S/C22H27ClFN5O2/c23-17-3-4-19(26-11-14-5-8-31-9-6-14)28-21(17)16-10-20(27-13-18(16)24)29-22(30)15-2-1-7-25-12-15/h3-4,10,13-15,25H,1-2,5-9,11-12H2,(H,26,28)(H,27,29,30). The van der Waals surface area contributed by atoms with Gasteiger partial charge in [0.25, 0.3) is 0 Å². The summed E-state index contributed by atoms with van der Waals surface area (Å²) in [7, 11) is 0. The van der Waals surface area contributed by atoms with E-state index in [0.717, 1.165) is 58.2 Å². The van der Waals surface area contributed by atoms with Crippen LogP contribution < -0.4 is 16.0 Å². The van der Waals surface area contributed by atoms with E-state index >= 15 is 0 Å². The second-order valence-electron chi connectivity index (χ2n) is 8.05. The van der Waals surface area contributed by atoms with Crippen molar-refractivity contribution < 1.29 is 13.9 Å². The van der Waals surface area contributed by atoms with Crippen molar-refractivity contribution in [3.63, 3.8) is 0 Å². The molecule has 4 rings (SSSR count). The molecule has 3 N–H and O–H groups in total. The Bertz CT molecular complexity index is 917. The highest BCUT2D eigenvalue weighted by Crippen LogP contribution is 2.31. The molecule has 2 aromatic rings. The average Bonchev–Trinajstić information content (AvgIpc) is 2.81. The number of halogens is 2. The predicted molar refractivity (Wildman–Crippen MR) is 119 cm³/mol. The topological polar surface area (TPSA) is 88.2 Å². The third-order valence-electron chi connectivity index (χ3n) is 5.79. The van der Waals surface area contributed by atoms with Crippen LogP contribution in [-0.2, 0) is 9.53 Å². The van der Waals surface area contributed by atoms with Crippen molar-refractivity contribution in [2.24, 2.45) is 11.8 Å². The van der Waals surface area contributed by atoms with Gasteiger partial charge in [-0.2, -0.15) is 0 Å². The Kier molecular flexibility index (Phi) is 7.32. The SMILES string of the molecule is O=C(Nc1cc(-c2nc(NCC3CCOCC3)ccc2Cl)c(F)cn1)C1CCCNC1. The number of hydrogen-bond acceptors (Lipinski definition) is 6. The van der Waals surface area contributed by atoms with E-state index in [1.807, 2.05) is 0 Å². The summed E-state index contributed by atoms with van der Waals surface area (Å²) in [5, 5.41) is 9.66. The summed E-state index contributed by atoms with van der Waals surface area (Å²) in [6, 6.07) is 4.96.